The molecule has 0 saturated heterocycles. The van der Waals surface area contributed by atoms with E-state index in [4.69, 9.17) is 17.0 Å². The number of thiazole rings is 1. The molecular weight excluding hydrogens is 520 g/mol. The number of hydrogen-bond donors (Lipinski definition) is 3. The zero-order valence-corrected chi connectivity index (χ0v) is 21.8. The van der Waals surface area contributed by atoms with Crippen molar-refractivity contribution in [2.24, 2.45) is 0 Å². The molecule has 1 heterocycles. The van der Waals surface area contributed by atoms with Gasteiger partial charge in [-0.2, -0.15) is 0 Å². The highest BCUT2D eigenvalue weighted by molar-refractivity contribution is 7.93. The van der Waals surface area contributed by atoms with Gasteiger partial charge in [0.1, 0.15) is 0 Å². The van der Waals surface area contributed by atoms with Gasteiger partial charge in [-0.25, -0.2) is 13.4 Å². The number of benzene rings is 2. The van der Waals surface area contributed by atoms with Crippen LogP contribution in [-0.2, 0) is 30.8 Å². The predicted octanol–water partition coefficient (Wildman–Crippen LogP) is 4.10. The van der Waals surface area contributed by atoms with Gasteiger partial charge in [0.05, 0.1) is 11.5 Å². The van der Waals surface area contributed by atoms with Gasteiger partial charge >= 0.3 is 5.97 Å². The van der Waals surface area contributed by atoms with Crippen molar-refractivity contribution in [1.29, 1.82) is 0 Å². The van der Waals surface area contributed by atoms with Gasteiger partial charge in [-0.05, 0) is 61.3 Å². The third-order valence-corrected chi connectivity index (χ3v) is 7.21. The van der Waals surface area contributed by atoms with Crippen LogP contribution in [0.1, 0.15) is 31.2 Å². The summed E-state index contributed by atoms with van der Waals surface area (Å²) in [5.41, 5.74) is 1.70. The number of ether oxygens (including phenoxy) is 1. The predicted molar refractivity (Wildman–Crippen MR) is 143 cm³/mol. The molecule has 0 aliphatic carbocycles. The van der Waals surface area contributed by atoms with Crippen LogP contribution in [0, 0.1) is 0 Å². The Hall–Kier alpha value is -3.35. The molecule has 12 heteroatoms. The molecule has 0 saturated carbocycles. The molecule has 1 amide bonds. The van der Waals surface area contributed by atoms with Crippen LogP contribution in [-0.4, -0.2) is 37.0 Å². The summed E-state index contributed by atoms with van der Waals surface area (Å²) in [6.45, 7) is 0.342. The smallest absolute Gasteiger partial charge is 0.305 e. The maximum Gasteiger partial charge on any atom is 0.305 e. The summed E-state index contributed by atoms with van der Waals surface area (Å²) in [5.74, 6) is -0.674. The fourth-order valence-corrected chi connectivity index (χ4v) is 5.11. The number of aryl methyl sites for hydroxylation is 1. The molecule has 3 rings (SSSR count). The van der Waals surface area contributed by atoms with Crippen molar-refractivity contribution >= 4 is 61.4 Å². The molecule has 0 fully saturated rings. The highest BCUT2D eigenvalue weighted by Gasteiger charge is 2.15. The Morgan fingerprint density at radius 2 is 1.75 bits per heavy atom. The van der Waals surface area contributed by atoms with Gasteiger partial charge < -0.3 is 15.4 Å². The Bertz CT molecular complexity index is 1250. The van der Waals surface area contributed by atoms with E-state index in [1.54, 1.807) is 5.38 Å². The van der Waals surface area contributed by atoms with E-state index < -0.39 is 10.0 Å². The van der Waals surface area contributed by atoms with E-state index in [0.717, 1.165) is 12.8 Å². The van der Waals surface area contributed by atoms with Gasteiger partial charge in [-0.15, -0.1) is 11.3 Å². The fourth-order valence-electron chi connectivity index (χ4n) is 3.09. The summed E-state index contributed by atoms with van der Waals surface area (Å²) in [6.07, 6.45) is 3.67. The summed E-state index contributed by atoms with van der Waals surface area (Å²) >= 11 is 6.31. The summed E-state index contributed by atoms with van der Waals surface area (Å²) in [7, 11) is -3.76. The Morgan fingerprint density at radius 3 is 2.44 bits per heavy atom. The molecule has 0 bridgehead atoms. The third kappa shape index (κ3) is 9.36. The number of thiocarbonyl (C=S) groups is 1. The first-order chi connectivity index (χ1) is 17.3. The quantitative estimate of drug-likeness (QED) is 0.176. The Labute approximate surface area is 219 Å². The first-order valence-electron chi connectivity index (χ1n) is 11.1. The minimum atomic E-state index is -3.76. The summed E-state index contributed by atoms with van der Waals surface area (Å²) in [5, 5.41) is 7.38. The van der Waals surface area contributed by atoms with E-state index in [0.29, 0.717) is 18.7 Å². The van der Waals surface area contributed by atoms with Crippen LogP contribution < -0.4 is 15.4 Å². The van der Waals surface area contributed by atoms with Crippen LogP contribution >= 0.6 is 23.6 Å². The van der Waals surface area contributed by atoms with Crippen LogP contribution in [0.25, 0.3) is 0 Å². The van der Waals surface area contributed by atoms with Gasteiger partial charge in [0, 0.05) is 30.1 Å². The molecule has 190 valence electrons. The summed E-state index contributed by atoms with van der Waals surface area (Å²) in [6, 6.07) is 15.8. The van der Waals surface area contributed by atoms with E-state index in [1.165, 1.54) is 47.4 Å². The number of esters is 1. The fraction of sp³-hybridized carbons (Fsp3) is 0.250. The molecule has 3 N–H and O–H groups in total. The average molecular weight is 547 g/mol. The van der Waals surface area contributed by atoms with E-state index in [-0.39, 0.29) is 39.9 Å². The lowest BCUT2D eigenvalue weighted by molar-refractivity contribution is -0.143. The first-order valence-corrected chi connectivity index (χ1v) is 13.9. The second-order valence-corrected chi connectivity index (χ2v) is 10.6. The number of nitrogens with one attached hydrogen (secondary N) is 3. The number of anilines is 2. The highest BCUT2D eigenvalue weighted by Crippen LogP contribution is 2.19. The van der Waals surface area contributed by atoms with Gasteiger partial charge in [-0.3, -0.25) is 14.3 Å². The topological polar surface area (TPSA) is 126 Å². The molecule has 36 heavy (non-hydrogen) atoms. The van der Waals surface area contributed by atoms with Crippen molar-refractivity contribution in [2.75, 3.05) is 16.6 Å². The second kappa shape index (κ2) is 13.7. The first kappa shape index (κ1) is 27.2. The highest BCUT2D eigenvalue weighted by atomic mass is 32.2. The number of aromatic nitrogens is 1. The zero-order valence-electron chi connectivity index (χ0n) is 19.3. The Kier molecular flexibility index (Phi) is 10.3. The summed E-state index contributed by atoms with van der Waals surface area (Å²) < 4.78 is 32.4. The minimum Gasteiger partial charge on any atom is -0.466 e. The lowest BCUT2D eigenvalue weighted by atomic mass is 10.1. The van der Waals surface area contributed by atoms with Crippen LogP contribution in [0.15, 0.2) is 71.1 Å². The van der Waals surface area contributed by atoms with Gasteiger partial charge in [0.2, 0.25) is 5.91 Å². The van der Waals surface area contributed by atoms with Crippen molar-refractivity contribution in [2.45, 2.75) is 37.0 Å². The molecular formula is C24H26N4O5S3. The number of rotatable bonds is 12. The molecule has 2 aromatic carbocycles. The number of nitrogens with zero attached hydrogens (tertiary/aromatic N) is 1. The largest absolute Gasteiger partial charge is 0.466 e. The van der Waals surface area contributed by atoms with E-state index >= 15 is 0 Å². The lowest BCUT2D eigenvalue weighted by Gasteiger charge is -2.11. The lowest BCUT2D eigenvalue weighted by Crippen LogP contribution is -2.34. The van der Waals surface area contributed by atoms with E-state index in [9.17, 15) is 18.0 Å². The molecule has 0 atom stereocenters. The number of carbonyl (C=O) groups is 2. The zero-order chi connectivity index (χ0) is 25.8. The maximum atomic E-state index is 12.4. The second-order valence-electron chi connectivity index (χ2n) is 7.63. The van der Waals surface area contributed by atoms with Crippen molar-refractivity contribution in [3.63, 3.8) is 0 Å². The Balaban J connectivity index is 1.31. The molecule has 9 nitrogen and oxygen atoms in total. The number of carbonyl (C=O) groups excluding carboxylic acids is 2. The number of amides is 1. The van der Waals surface area contributed by atoms with E-state index in [2.05, 4.69) is 20.3 Å². The minimum absolute atomic E-state index is 0.0603. The number of hydrogen-bond acceptors (Lipinski definition) is 8. The van der Waals surface area contributed by atoms with Gasteiger partial charge in [0.25, 0.3) is 10.0 Å². The molecule has 0 radical (unpaired) electrons. The normalized spacial score (nSPS) is 10.9. The monoisotopic (exact) mass is 546 g/mol. The number of sulfonamides is 1. The molecule has 1 aromatic heterocycles. The SMILES string of the molecule is O=C(CCCC(=O)OCCCc1ccccc1)NC(=S)Nc1ccc(S(=O)(=O)Nc2nccs2)cc1. The van der Waals surface area contributed by atoms with Crippen LogP contribution in [0.5, 0.6) is 0 Å². The van der Waals surface area contributed by atoms with Gasteiger partial charge in [0.15, 0.2) is 10.2 Å². The van der Waals surface area contributed by atoms with Gasteiger partial charge in [-0.1, -0.05) is 30.3 Å². The van der Waals surface area contributed by atoms with Crippen LogP contribution in [0.4, 0.5) is 10.8 Å². The van der Waals surface area contributed by atoms with Crippen molar-refractivity contribution in [1.82, 2.24) is 10.3 Å². The molecule has 0 aliphatic heterocycles. The Morgan fingerprint density at radius 1 is 1.00 bits per heavy atom. The van der Waals surface area contributed by atoms with Crippen molar-refractivity contribution in [3.8, 4) is 0 Å². The van der Waals surface area contributed by atoms with Crippen molar-refractivity contribution < 1.29 is 22.7 Å². The summed E-state index contributed by atoms with van der Waals surface area (Å²) in [4.78, 5) is 27.9. The van der Waals surface area contributed by atoms with E-state index in [1.807, 2.05) is 30.3 Å². The van der Waals surface area contributed by atoms with Crippen LogP contribution in [0.2, 0.25) is 0 Å². The maximum absolute atomic E-state index is 12.4. The standard InChI is InChI=1S/C24H26N4O5S3/c29-21(9-4-10-22(30)33-16-5-8-18-6-2-1-3-7-18)27-23(34)26-19-11-13-20(14-12-19)36(31,32)28-24-25-15-17-35-24/h1-3,6-7,11-15,17H,4-5,8-10,16H2,(H,25,28)(H2,26,27,29,34). The molecule has 0 unspecified atom stereocenters. The molecule has 3 aromatic rings. The van der Waals surface area contributed by atoms with Crippen molar-refractivity contribution in [3.05, 3.63) is 71.7 Å². The molecule has 0 aliphatic rings. The van der Waals surface area contributed by atoms with Crippen LogP contribution in [0.3, 0.4) is 0 Å². The molecule has 0 spiro atoms. The average Bonchev–Trinajstić information content (AvgIpc) is 3.35. The third-order valence-electron chi connectivity index (χ3n) is 4.83.